The molecule has 0 spiro atoms. The van der Waals surface area contributed by atoms with Crippen LogP contribution in [-0.2, 0) is 0 Å². The van der Waals surface area contributed by atoms with Gasteiger partial charge in [0.15, 0.2) is 0 Å². The molecule has 1 saturated heterocycles. The average molecular weight is 327 g/mol. The molecule has 0 unspecified atom stereocenters. The first-order valence-corrected chi connectivity index (χ1v) is 8.18. The maximum atomic E-state index is 12.6. The first kappa shape index (κ1) is 16.2. The highest BCUT2D eigenvalue weighted by Gasteiger charge is 2.24. The zero-order valence-electron chi connectivity index (χ0n) is 13.7. The maximum absolute atomic E-state index is 12.6. The van der Waals surface area contributed by atoms with Crippen LogP contribution in [0.3, 0.4) is 0 Å². The van der Waals surface area contributed by atoms with E-state index in [1.165, 1.54) is 0 Å². The molecule has 7 nitrogen and oxygen atoms in total. The van der Waals surface area contributed by atoms with Crippen molar-refractivity contribution in [3.8, 4) is 5.88 Å². The van der Waals surface area contributed by atoms with E-state index >= 15 is 0 Å². The van der Waals surface area contributed by atoms with Crippen LogP contribution < -0.4 is 15.0 Å². The number of nitrogens with one attached hydrogen (secondary N) is 1. The summed E-state index contributed by atoms with van der Waals surface area (Å²) in [5.74, 6) is 0.914. The number of piperidine rings is 1. The van der Waals surface area contributed by atoms with Gasteiger partial charge in [0.05, 0.1) is 6.61 Å². The van der Waals surface area contributed by atoms with Crippen molar-refractivity contribution in [3.05, 3.63) is 42.4 Å². The Bertz CT molecular complexity index is 680. The summed E-state index contributed by atoms with van der Waals surface area (Å²) in [5.41, 5.74) is 0.465. The van der Waals surface area contributed by atoms with Gasteiger partial charge in [-0.05, 0) is 38.0 Å². The van der Waals surface area contributed by atoms with E-state index in [-0.39, 0.29) is 11.9 Å². The topological polar surface area (TPSA) is 80.2 Å². The van der Waals surface area contributed by atoms with E-state index in [1.54, 1.807) is 36.8 Å². The van der Waals surface area contributed by atoms with Crippen LogP contribution in [0.2, 0.25) is 0 Å². The van der Waals surface area contributed by atoms with Crippen LogP contribution in [0.5, 0.6) is 5.88 Å². The Hall–Kier alpha value is -2.70. The Balaban J connectivity index is 1.66. The Labute approximate surface area is 141 Å². The van der Waals surface area contributed by atoms with Crippen molar-refractivity contribution < 1.29 is 9.53 Å². The third kappa shape index (κ3) is 3.79. The van der Waals surface area contributed by atoms with Gasteiger partial charge in [-0.25, -0.2) is 15.0 Å². The second-order valence-corrected chi connectivity index (χ2v) is 5.60. The minimum Gasteiger partial charge on any atom is -0.477 e. The molecular weight excluding hydrogens is 306 g/mol. The molecule has 2 aromatic rings. The van der Waals surface area contributed by atoms with Crippen molar-refractivity contribution in [2.75, 3.05) is 24.6 Å². The van der Waals surface area contributed by atoms with Gasteiger partial charge in [0.25, 0.3) is 5.91 Å². The van der Waals surface area contributed by atoms with Gasteiger partial charge in [-0.3, -0.25) is 4.79 Å². The largest absolute Gasteiger partial charge is 0.477 e. The number of aromatic nitrogens is 3. The number of amides is 1. The summed E-state index contributed by atoms with van der Waals surface area (Å²) < 4.78 is 5.44. The first-order chi connectivity index (χ1) is 11.8. The number of anilines is 1. The number of hydrogen-bond donors (Lipinski definition) is 1. The predicted octanol–water partition coefficient (Wildman–Crippen LogP) is 1.67. The van der Waals surface area contributed by atoms with E-state index in [1.807, 2.05) is 6.92 Å². The summed E-state index contributed by atoms with van der Waals surface area (Å²) in [6, 6.07) is 5.31. The zero-order chi connectivity index (χ0) is 16.8. The molecule has 1 aliphatic heterocycles. The second-order valence-electron chi connectivity index (χ2n) is 5.60. The fourth-order valence-electron chi connectivity index (χ4n) is 2.81. The highest BCUT2D eigenvalue weighted by molar-refractivity contribution is 5.96. The summed E-state index contributed by atoms with van der Waals surface area (Å²) in [4.78, 5) is 27.4. The minimum atomic E-state index is -0.160. The van der Waals surface area contributed by atoms with Crippen LogP contribution in [0.25, 0.3) is 0 Å². The van der Waals surface area contributed by atoms with Crippen LogP contribution >= 0.6 is 0 Å². The van der Waals surface area contributed by atoms with E-state index < -0.39 is 0 Å². The van der Waals surface area contributed by atoms with Crippen molar-refractivity contribution in [3.63, 3.8) is 0 Å². The molecule has 0 aliphatic carbocycles. The van der Waals surface area contributed by atoms with Gasteiger partial charge in [0, 0.05) is 37.7 Å². The molecule has 1 atom stereocenters. The summed E-state index contributed by atoms with van der Waals surface area (Å²) in [5, 5.41) is 3.08. The molecule has 0 radical (unpaired) electrons. The lowest BCUT2D eigenvalue weighted by molar-refractivity contribution is 0.0928. The molecule has 1 N–H and O–H groups in total. The Morgan fingerprint density at radius 3 is 2.88 bits per heavy atom. The van der Waals surface area contributed by atoms with Crippen LogP contribution in [0.15, 0.2) is 36.8 Å². The smallest absolute Gasteiger partial charge is 0.257 e. The molecular formula is C17H21N5O2. The predicted molar refractivity (Wildman–Crippen MR) is 90.1 cm³/mol. The monoisotopic (exact) mass is 327 g/mol. The second kappa shape index (κ2) is 7.72. The van der Waals surface area contributed by atoms with E-state index in [0.29, 0.717) is 30.5 Å². The fraction of sp³-hybridized carbons (Fsp3) is 0.412. The molecule has 1 fully saturated rings. The number of hydrogen-bond acceptors (Lipinski definition) is 6. The van der Waals surface area contributed by atoms with Crippen LogP contribution in [0.4, 0.5) is 5.95 Å². The minimum absolute atomic E-state index is 0.0461. The molecule has 2 aromatic heterocycles. The molecule has 0 aromatic carbocycles. The third-order valence-electron chi connectivity index (χ3n) is 3.89. The molecule has 3 heterocycles. The normalized spacial score (nSPS) is 17.4. The highest BCUT2D eigenvalue weighted by atomic mass is 16.5. The van der Waals surface area contributed by atoms with E-state index in [9.17, 15) is 4.79 Å². The molecule has 126 valence electrons. The molecule has 7 heteroatoms. The first-order valence-electron chi connectivity index (χ1n) is 8.18. The molecule has 0 saturated carbocycles. The number of rotatable bonds is 5. The van der Waals surface area contributed by atoms with Gasteiger partial charge >= 0.3 is 0 Å². The summed E-state index contributed by atoms with van der Waals surface area (Å²) in [7, 11) is 0. The number of pyridine rings is 1. The maximum Gasteiger partial charge on any atom is 0.257 e. The lowest BCUT2D eigenvalue weighted by atomic mass is 10.1. The van der Waals surface area contributed by atoms with E-state index in [2.05, 4.69) is 25.2 Å². The fourth-order valence-corrected chi connectivity index (χ4v) is 2.81. The lowest BCUT2D eigenvalue weighted by Crippen LogP contribution is -2.48. The summed E-state index contributed by atoms with van der Waals surface area (Å²) in [6.07, 6.45) is 6.99. The van der Waals surface area contributed by atoms with Crippen LogP contribution in [-0.4, -0.2) is 46.6 Å². The van der Waals surface area contributed by atoms with Crippen molar-refractivity contribution >= 4 is 11.9 Å². The van der Waals surface area contributed by atoms with Gasteiger partial charge in [-0.2, -0.15) is 0 Å². The Kier molecular flexibility index (Phi) is 5.20. The van der Waals surface area contributed by atoms with Crippen LogP contribution in [0.1, 0.15) is 30.1 Å². The van der Waals surface area contributed by atoms with Crippen molar-refractivity contribution in [2.45, 2.75) is 25.8 Å². The van der Waals surface area contributed by atoms with Crippen LogP contribution in [0, 0.1) is 0 Å². The molecule has 1 aliphatic rings. The van der Waals surface area contributed by atoms with Crippen molar-refractivity contribution in [1.29, 1.82) is 0 Å². The van der Waals surface area contributed by atoms with E-state index in [0.717, 1.165) is 19.4 Å². The summed E-state index contributed by atoms with van der Waals surface area (Å²) in [6.45, 7) is 3.93. The quantitative estimate of drug-likeness (QED) is 0.900. The number of carbonyl (C=O) groups is 1. The van der Waals surface area contributed by atoms with E-state index in [4.69, 9.17) is 4.74 Å². The third-order valence-corrected chi connectivity index (χ3v) is 3.89. The van der Waals surface area contributed by atoms with Gasteiger partial charge in [-0.15, -0.1) is 0 Å². The Morgan fingerprint density at radius 2 is 2.08 bits per heavy atom. The standard InChI is InChI=1S/C17H21N5O2/c1-2-24-16-14(7-3-8-18-16)15(23)21-13-6-4-11-22(12-13)17-19-9-5-10-20-17/h3,5,7-10,13H,2,4,6,11-12H2,1H3,(H,21,23)/t13-/m0/s1. The number of ether oxygens (including phenoxy) is 1. The van der Waals surface area contributed by atoms with Gasteiger partial charge in [-0.1, -0.05) is 0 Å². The van der Waals surface area contributed by atoms with Gasteiger partial charge in [0.1, 0.15) is 5.56 Å². The van der Waals surface area contributed by atoms with Gasteiger partial charge in [0.2, 0.25) is 11.8 Å². The molecule has 3 rings (SSSR count). The van der Waals surface area contributed by atoms with Crippen molar-refractivity contribution in [1.82, 2.24) is 20.3 Å². The zero-order valence-corrected chi connectivity index (χ0v) is 13.7. The highest BCUT2D eigenvalue weighted by Crippen LogP contribution is 2.18. The molecule has 0 bridgehead atoms. The lowest BCUT2D eigenvalue weighted by Gasteiger charge is -2.33. The van der Waals surface area contributed by atoms with Gasteiger partial charge < -0.3 is 15.0 Å². The molecule has 24 heavy (non-hydrogen) atoms. The Morgan fingerprint density at radius 1 is 1.29 bits per heavy atom. The SMILES string of the molecule is CCOc1ncccc1C(=O)N[C@H]1CCCN(c2ncccn2)C1. The number of carbonyl (C=O) groups excluding carboxylic acids is 1. The average Bonchev–Trinajstić information content (AvgIpc) is 2.63. The summed E-state index contributed by atoms with van der Waals surface area (Å²) >= 11 is 0. The van der Waals surface area contributed by atoms with Crippen molar-refractivity contribution in [2.24, 2.45) is 0 Å². The molecule has 1 amide bonds. The number of nitrogens with zero attached hydrogens (tertiary/aromatic N) is 4.